The summed E-state index contributed by atoms with van der Waals surface area (Å²) < 4.78 is 7.17. The molecule has 1 atom stereocenters. The SMILES string of the molecule is Cc1[nH]c2ccccc2c1C(=O)[C@H](C)OC(=O)c1ccc2c(=O)n3c(nc2c1)CCC3. The van der Waals surface area contributed by atoms with Gasteiger partial charge in [-0.1, -0.05) is 18.2 Å². The van der Waals surface area contributed by atoms with Crippen molar-refractivity contribution in [3.05, 3.63) is 75.5 Å². The summed E-state index contributed by atoms with van der Waals surface area (Å²) in [4.78, 5) is 46.1. The predicted octanol–water partition coefficient (Wildman–Crippen LogP) is 3.56. The van der Waals surface area contributed by atoms with Crippen LogP contribution in [0.4, 0.5) is 0 Å². The topological polar surface area (TPSA) is 94.0 Å². The summed E-state index contributed by atoms with van der Waals surface area (Å²) in [5.74, 6) is -0.151. The fourth-order valence-electron chi connectivity index (χ4n) is 4.29. The molecule has 31 heavy (non-hydrogen) atoms. The van der Waals surface area contributed by atoms with Crippen LogP contribution in [0.2, 0.25) is 0 Å². The number of Topliss-reactive ketones (excluding diaryl/α,β-unsaturated/α-hetero) is 1. The van der Waals surface area contributed by atoms with E-state index in [1.54, 1.807) is 29.7 Å². The lowest BCUT2D eigenvalue weighted by Crippen LogP contribution is -2.25. The van der Waals surface area contributed by atoms with E-state index < -0.39 is 12.1 Å². The van der Waals surface area contributed by atoms with Gasteiger partial charge in [-0.15, -0.1) is 0 Å². The number of hydrogen-bond acceptors (Lipinski definition) is 5. The van der Waals surface area contributed by atoms with Crippen molar-refractivity contribution in [3.63, 3.8) is 0 Å². The van der Waals surface area contributed by atoms with Crippen molar-refractivity contribution in [1.29, 1.82) is 0 Å². The number of hydrogen-bond donors (Lipinski definition) is 1. The lowest BCUT2D eigenvalue weighted by molar-refractivity contribution is 0.0319. The summed E-state index contributed by atoms with van der Waals surface area (Å²) >= 11 is 0. The van der Waals surface area contributed by atoms with Crippen LogP contribution in [-0.4, -0.2) is 32.4 Å². The third kappa shape index (κ3) is 3.13. The van der Waals surface area contributed by atoms with Crippen LogP contribution in [0.3, 0.4) is 0 Å². The van der Waals surface area contributed by atoms with E-state index in [-0.39, 0.29) is 16.9 Å². The lowest BCUT2D eigenvalue weighted by atomic mass is 10.0. The van der Waals surface area contributed by atoms with Crippen LogP contribution in [0, 0.1) is 6.92 Å². The Morgan fingerprint density at radius 1 is 1.16 bits per heavy atom. The van der Waals surface area contributed by atoms with Gasteiger partial charge in [0.2, 0.25) is 5.78 Å². The van der Waals surface area contributed by atoms with Crippen LogP contribution in [0.1, 0.15) is 45.6 Å². The van der Waals surface area contributed by atoms with E-state index in [0.717, 1.165) is 35.3 Å². The van der Waals surface area contributed by atoms with E-state index in [2.05, 4.69) is 9.97 Å². The minimum atomic E-state index is -0.959. The van der Waals surface area contributed by atoms with Crippen molar-refractivity contribution < 1.29 is 14.3 Å². The summed E-state index contributed by atoms with van der Waals surface area (Å²) in [6.07, 6.45) is 0.676. The van der Waals surface area contributed by atoms with Crippen molar-refractivity contribution >= 4 is 33.6 Å². The summed E-state index contributed by atoms with van der Waals surface area (Å²) in [5, 5.41) is 1.28. The zero-order valence-corrected chi connectivity index (χ0v) is 17.3. The number of rotatable bonds is 4. The molecule has 1 N–H and O–H groups in total. The van der Waals surface area contributed by atoms with Gasteiger partial charge in [-0.05, 0) is 44.5 Å². The Balaban J connectivity index is 1.42. The number of aryl methyl sites for hydroxylation is 2. The van der Waals surface area contributed by atoms with Crippen LogP contribution >= 0.6 is 0 Å². The molecule has 156 valence electrons. The monoisotopic (exact) mass is 415 g/mol. The zero-order chi connectivity index (χ0) is 21.7. The predicted molar refractivity (Wildman–Crippen MR) is 117 cm³/mol. The maximum absolute atomic E-state index is 13.0. The molecule has 0 spiro atoms. The maximum atomic E-state index is 13.0. The Labute approximate surface area is 177 Å². The number of carbonyl (C=O) groups excluding carboxylic acids is 2. The molecule has 0 unspecified atom stereocenters. The molecular formula is C24H21N3O4. The summed E-state index contributed by atoms with van der Waals surface area (Å²) in [6, 6.07) is 12.2. The van der Waals surface area contributed by atoms with Crippen LogP contribution in [0.15, 0.2) is 47.3 Å². The first kappa shape index (κ1) is 19.2. The number of aromatic nitrogens is 3. The van der Waals surface area contributed by atoms with Crippen molar-refractivity contribution in [1.82, 2.24) is 14.5 Å². The number of benzene rings is 2. The van der Waals surface area contributed by atoms with Crippen molar-refractivity contribution in [2.24, 2.45) is 0 Å². The van der Waals surface area contributed by atoms with Gasteiger partial charge < -0.3 is 9.72 Å². The average Bonchev–Trinajstić information content (AvgIpc) is 3.36. The number of H-pyrrole nitrogens is 1. The Hall–Kier alpha value is -3.74. The molecule has 0 radical (unpaired) electrons. The van der Waals surface area contributed by atoms with Crippen molar-refractivity contribution in [3.8, 4) is 0 Å². The number of ketones is 1. The normalized spacial score (nSPS) is 14.0. The molecule has 0 saturated carbocycles. The highest BCUT2D eigenvalue weighted by Crippen LogP contribution is 2.24. The molecule has 0 aliphatic carbocycles. The molecule has 0 bridgehead atoms. The number of nitrogens with one attached hydrogen (secondary N) is 1. The number of nitrogens with zero attached hydrogens (tertiary/aromatic N) is 2. The highest BCUT2D eigenvalue weighted by molar-refractivity contribution is 6.11. The van der Waals surface area contributed by atoms with Crippen LogP contribution in [-0.2, 0) is 17.7 Å². The van der Waals surface area contributed by atoms with Crippen molar-refractivity contribution in [2.45, 2.75) is 39.3 Å². The minimum Gasteiger partial charge on any atom is -0.451 e. The van der Waals surface area contributed by atoms with Crippen LogP contribution < -0.4 is 5.56 Å². The second-order valence-electron chi connectivity index (χ2n) is 7.90. The van der Waals surface area contributed by atoms with Gasteiger partial charge in [0.25, 0.3) is 5.56 Å². The number of aromatic amines is 1. The minimum absolute atomic E-state index is 0.0872. The van der Waals surface area contributed by atoms with Crippen molar-refractivity contribution in [2.75, 3.05) is 0 Å². The molecule has 1 aliphatic rings. The average molecular weight is 415 g/mol. The first-order valence-electron chi connectivity index (χ1n) is 10.3. The van der Waals surface area contributed by atoms with Gasteiger partial charge in [0, 0.05) is 35.1 Å². The number of para-hydroxylation sites is 1. The standard InChI is InChI=1S/C24H21N3O4/c1-13-21(16-6-3-4-7-18(16)25-13)22(28)14(2)31-24(30)15-9-10-17-19(12-15)26-20-8-5-11-27(20)23(17)29/h3-4,6-7,9-10,12,14,25H,5,8,11H2,1-2H3/t14-/m0/s1. The number of carbonyl (C=O) groups is 2. The Morgan fingerprint density at radius 3 is 2.81 bits per heavy atom. The molecule has 0 fully saturated rings. The highest BCUT2D eigenvalue weighted by atomic mass is 16.5. The molecule has 1 aliphatic heterocycles. The molecule has 0 amide bonds. The van der Waals surface area contributed by atoms with Crippen LogP contribution in [0.25, 0.3) is 21.8 Å². The van der Waals surface area contributed by atoms with E-state index in [4.69, 9.17) is 4.74 Å². The smallest absolute Gasteiger partial charge is 0.338 e. The number of fused-ring (bicyclic) bond motifs is 3. The summed E-state index contributed by atoms with van der Waals surface area (Å²) in [5.41, 5.74) is 2.77. The fraction of sp³-hybridized carbons (Fsp3) is 0.250. The van der Waals surface area contributed by atoms with Gasteiger partial charge in [0.15, 0.2) is 6.10 Å². The Morgan fingerprint density at radius 2 is 1.97 bits per heavy atom. The molecule has 7 nitrogen and oxygen atoms in total. The molecule has 0 saturated heterocycles. The third-order valence-corrected chi connectivity index (χ3v) is 5.85. The molecule has 4 aromatic rings. The van der Waals surface area contributed by atoms with Gasteiger partial charge in [-0.2, -0.15) is 0 Å². The molecular weight excluding hydrogens is 394 g/mol. The maximum Gasteiger partial charge on any atom is 0.338 e. The fourth-order valence-corrected chi connectivity index (χ4v) is 4.29. The largest absolute Gasteiger partial charge is 0.451 e. The van der Waals surface area contributed by atoms with E-state index in [9.17, 15) is 14.4 Å². The molecule has 7 heteroatoms. The molecule has 2 aromatic carbocycles. The second-order valence-corrected chi connectivity index (χ2v) is 7.90. The molecule has 2 aromatic heterocycles. The summed E-state index contributed by atoms with van der Waals surface area (Å²) in [6.45, 7) is 4.07. The van der Waals surface area contributed by atoms with Gasteiger partial charge in [0.05, 0.1) is 16.5 Å². The molecule has 5 rings (SSSR count). The summed E-state index contributed by atoms with van der Waals surface area (Å²) in [7, 11) is 0. The second kappa shape index (κ2) is 7.19. The van der Waals surface area contributed by atoms with Gasteiger partial charge in [-0.25, -0.2) is 9.78 Å². The Kier molecular flexibility index (Phi) is 4.46. The van der Waals surface area contributed by atoms with Crippen LogP contribution in [0.5, 0.6) is 0 Å². The van der Waals surface area contributed by atoms with E-state index in [1.165, 1.54) is 0 Å². The van der Waals surface area contributed by atoms with E-state index in [1.807, 2.05) is 31.2 Å². The van der Waals surface area contributed by atoms with Gasteiger partial charge >= 0.3 is 5.97 Å². The molecule has 3 heterocycles. The van der Waals surface area contributed by atoms with E-state index in [0.29, 0.717) is 23.0 Å². The van der Waals surface area contributed by atoms with Gasteiger partial charge in [-0.3, -0.25) is 14.2 Å². The number of ether oxygens (including phenoxy) is 1. The highest BCUT2D eigenvalue weighted by Gasteiger charge is 2.25. The lowest BCUT2D eigenvalue weighted by Gasteiger charge is -2.13. The number of esters is 1. The quantitative estimate of drug-likeness (QED) is 0.406. The first-order chi connectivity index (χ1) is 14.9. The first-order valence-corrected chi connectivity index (χ1v) is 10.3. The van der Waals surface area contributed by atoms with Gasteiger partial charge in [0.1, 0.15) is 5.82 Å². The Bertz CT molecular complexity index is 1430. The zero-order valence-electron chi connectivity index (χ0n) is 17.3. The van der Waals surface area contributed by atoms with E-state index >= 15 is 0 Å². The third-order valence-electron chi connectivity index (χ3n) is 5.85.